The van der Waals surface area contributed by atoms with Crippen LogP contribution in [0.15, 0.2) is 65.6 Å². The van der Waals surface area contributed by atoms with Crippen molar-refractivity contribution in [1.82, 2.24) is 9.38 Å². The van der Waals surface area contributed by atoms with E-state index in [4.69, 9.17) is 16.3 Å². The van der Waals surface area contributed by atoms with Crippen molar-refractivity contribution < 1.29 is 19.1 Å². The summed E-state index contributed by atoms with van der Waals surface area (Å²) < 4.78 is 6.71. The summed E-state index contributed by atoms with van der Waals surface area (Å²) in [5.74, 6) is -1.56. The maximum Gasteiger partial charge on any atom is 0.340 e. The van der Waals surface area contributed by atoms with Crippen LogP contribution < -0.4 is 5.56 Å². The number of ketones is 2. The SMILES string of the molecule is Cc1ccn2c(=O)cc(COC(=O)c3ccc4c(c3Cl)C(=O)c3ccccc3C4=O)nc2c1. The van der Waals surface area contributed by atoms with Crippen LogP contribution >= 0.6 is 11.6 Å². The third-order valence-electron chi connectivity index (χ3n) is 5.48. The van der Waals surface area contributed by atoms with Gasteiger partial charge >= 0.3 is 5.97 Å². The van der Waals surface area contributed by atoms with Gasteiger partial charge in [0.1, 0.15) is 12.3 Å². The van der Waals surface area contributed by atoms with E-state index in [2.05, 4.69) is 4.98 Å². The Hall–Kier alpha value is -4.10. The van der Waals surface area contributed by atoms with Crippen LogP contribution in [0, 0.1) is 6.92 Å². The van der Waals surface area contributed by atoms with Crippen molar-refractivity contribution in [1.29, 1.82) is 0 Å². The van der Waals surface area contributed by atoms with E-state index in [0.717, 1.165) is 5.56 Å². The van der Waals surface area contributed by atoms with Crippen LogP contribution in [0.4, 0.5) is 0 Å². The van der Waals surface area contributed by atoms with Gasteiger partial charge < -0.3 is 4.74 Å². The Morgan fingerprint density at radius 3 is 2.45 bits per heavy atom. The normalized spacial score (nSPS) is 12.4. The number of halogens is 1. The molecule has 2 heterocycles. The van der Waals surface area contributed by atoms with E-state index in [1.807, 2.05) is 6.92 Å². The molecule has 1 aliphatic carbocycles. The highest BCUT2D eigenvalue weighted by molar-refractivity contribution is 6.41. The summed E-state index contributed by atoms with van der Waals surface area (Å²) in [6, 6.07) is 14.0. The van der Waals surface area contributed by atoms with Crippen LogP contribution in [0.5, 0.6) is 0 Å². The number of hydrogen-bond donors (Lipinski definition) is 0. The van der Waals surface area contributed by atoms with Gasteiger partial charge in [0.2, 0.25) is 0 Å². The van der Waals surface area contributed by atoms with E-state index in [-0.39, 0.29) is 50.9 Å². The first kappa shape index (κ1) is 20.8. The number of pyridine rings is 1. The van der Waals surface area contributed by atoms with Crippen molar-refractivity contribution in [3.05, 3.63) is 115 Å². The third kappa shape index (κ3) is 3.43. The van der Waals surface area contributed by atoms with Gasteiger partial charge in [-0.3, -0.25) is 18.8 Å². The van der Waals surface area contributed by atoms with Crippen LogP contribution in [0.1, 0.15) is 53.5 Å². The molecule has 33 heavy (non-hydrogen) atoms. The first-order chi connectivity index (χ1) is 15.8. The molecule has 2 aromatic carbocycles. The monoisotopic (exact) mass is 458 g/mol. The lowest BCUT2D eigenvalue weighted by atomic mass is 9.83. The molecule has 0 saturated heterocycles. The number of benzene rings is 2. The van der Waals surface area contributed by atoms with Gasteiger partial charge in [0.05, 0.1) is 21.8 Å². The molecule has 162 valence electrons. The van der Waals surface area contributed by atoms with Crippen molar-refractivity contribution in [2.75, 3.05) is 0 Å². The summed E-state index contributed by atoms with van der Waals surface area (Å²) in [4.78, 5) is 55.2. The Kier molecular flexibility index (Phi) is 4.91. The topological polar surface area (TPSA) is 94.8 Å². The lowest BCUT2D eigenvalue weighted by Gasteiger charge is -2.19. The van der Waals surface area contributed by atoms with E-state index in [1.54, 1.807) is 42.6 Å². The number of rotatable bonds is 3. The number of fused-ring (bicyclic) bond motifs is 3. The molecule has 0 bridgehead atoms. The first-order valence-electron chi connectivity index (χ1n) is 10.0. The number of aryl methyl sites for hydroxylation is 1. The van der Waals surface area contributed by atoms with Crippen LogP contribution in [-0.4, -0.2) is 26.9 Å². The van der Waals surface area contributed by atoms with Gasteiger partial charge in [-0.05, 0) is 36.8 Å². The van der Waals surface area contributed by atoms with E-state index in [9.17, 15) is 19.2 Å². The van der Waals surface area contributed by atoms with Crippen molar-refractivity contribution in [3.63, 3.8) is 0 Å². The zero-order valence-corrected chi connectivity index (χ0v) is 18.1. The first-order valence-corrected chi connectivity index (χ1v) is 10.4. The van der Waals surface area contributed by atoms with Crippen LogP contribution in [0.2, 0.25) is 5.02 Å². The van der Waals surface area contributed by atoms with Crippen molar-refractivity contribution in [3.8, 4) is 0 Å². The highest BCUT2D eigenvalue weighted by atomic mass is 35.5. The fourth-order valence-corrected chi connectivity index (χ4v) is 4.18. The molecular formula is C25H15ClN2O5. The minimum absolute atomic E-state index is 0.0210. The zero-order chi connectivity index (χ0) is 23.3. The predicted molar refractivity (Wildman–Crippen MR) is 120 cm³/mol. The molecule has 0 amide bonds. The molecule has 5 rings (SSSR count). The second-order valence-corrected chi connectivity index (χ2v) is 8.03. The Balaban J connectivity index is 1.45. The van der Waals surface area contributed by atoms with Crippen LogP contribution in [0.3, 0.4) is 0 Å². The number of aromatic nitrogens is 2. The number of ether oxygens (including phenoxy) is 1. The number of hydrogen-bond acceptors (Lipinski definition) is 6. The lowest BCUT2D eigenvalue weighted by molar-refractivity contribution is 0.0467. The largest absolute Gasteiger partial charge is 0.456 e. The molecule has 7 nitrogen and oxygen atoms in total. The van der Waals surface area contributed by atoms with E-state index in [1.165, 1.54) is 22.6 Å². The van der Waals surface area contributed by atoms with Crippen molar-refractivity contribution in [2.45, 2.75) is 13.5 Å². The summed E-state index contributed by atoms with van der Waals surface area (Å²) in [7, 11) is 0. The molecule has 0 atom stereocenters. The van der Waals surface area contributed by atoms with Gasteiger partial charge in [-0.1, -0.05) is 35.9 Å². The maximum atomic E-state index is 13.0. The number of carbonyl (C=O) groups excluding carboxylic acids is 3. The van der Waals surface area contributed by atoms with Crippen LogP contribution in [-0.2, 0) is 11.3 Å². The second kappa shape index (κ2) is 7.79. The Morgan fingerprint density at radius 1 is 0.970 bits per heavy atom. The molecule has 4 aromatic rings. The number of carbonyl (C=O) groups is 3. The molecule has 1 aliphatic rings. The smallest absolute Gasteiger partial charge is 0.340 e. The Bertz CT molecular complexity index is 1570. The number of nitrogens with zero attached hydrogens (tertiary/aromatic N) is 2. The van der Waals surface area contributed by atoms with Crippen molar-refractivity contribution in [2.24, 2.45) is 0 Å². The average Bonchev–Trinajstić information content (AvgIpc) is 2.80. The molecule has 0 radical (unpaired) electrons. The van der Waals surface area contributed by atoms with Gasteiger partial charge in [0.15, 0.2) is 11.6 Å². The molecule has 8 heteroatoms. The molecule has 2 aromatic heterocycles. The number of esters is 1. The van der Waals surface area contributed by atoms with Crippen LogP contribution in [0.25, 0.3) is 5.65 Å². The summed E-state index contributed by atoms with van der Waals surface area (Å²) in [6.07, 6.45) is 1.62. The molecule has 0 fully saturated rings. The van der Waals surface area contributed by atoms with Gasteiger partial charge in [0.25, 0.3) is 5.56 Å². The fourth-order valence-electron chi connectivity index (χ4n) is 3.85. The second-order valence-electron chi connectivity index (χ2n) is 7.65. The van der Waals surface area contributed by atoms with Gasteiger partial charge in [-0.25, -0.2) is 9.78 Å². The zero-order valence-electron chi connectivity index (χ0n) is 17.3. The summed E-state index contributed by atoms with van der Waals surface area (Å²) in [5.41, 5.74) is 1.93. The molecule has 0 unspecified atom stereocenters. The van der Waals surface area contributed by atoms with E-state index in [0.29, 0.717) is 11.2 Å². The minimum Gasteiger partial charge on any atom is -0.456 e. The standard InChI is InChI=1S/C25H15ClN2O5/c1-13-8-9-28-19(10-13)27-14(11-20(28)29)12-33-25(32)18-7-6-17-21(22(18)26)24(31)16-5-3-2-4-15(16)23(17)30/h2-11H,12H2,1H3. The molecule has 0 saturated carbocycles. The molecule has 0 spiro atoms. The van der Waals surface area contributed by atoms with E-state index >= 15 is 0 Å². The van der Waals surface area contributed by atoms with E-state index < -0.39 is 11.8 Å². The van der Waals surface area contributed by atoms with Crippen molar-refractivity contribution >= 4 is 34.8 Å². The fraction of sp³-hybridized carbons (Fsp3) is 0.0800. The Morgan fingerprint density at radius 2 is 1.70 bits per heavy atom. The van der Waals surface area contributed by atoms with Gasteiger partial charge in [0, 0.05) is 29.0 Å². The summed E-state index contributed by atoms with van der Waals surface area (Å²) in [5, 5.41) is -0.146. The maximum absolute atomic E-state index is 13.0. The predicted octanol–water partition coefficient (Wildman–Crippen LogP) is 3.79. The van der Waals surface area contributed by atoms with Gasteiger partial charge in [-0.15, -0.1) is 0 Å². The minimum atomic E-state index is -0.798. The summed E-state index contributed by atoms with van der Waals surface area (Å²) >= 11 is 6.41. The molecule has 0 N–H and O–H groups in total. The average molecular weight is 459 g/mol. The Labute approximate surface area is 192 Å². The highest BCUT2D eigenvalue weighted by Gasteiger charge is 2.33. The quantitative estimate of drug-likeness (QED) is 0.382. The molecule has 0 aliphatic heterocycles. The molecular weight excluding hydrogens is 444 g/mol. The third-order valence-corrected chi connectivity index (χ3v) is 5.87. The highest BCUT2D eigenvalue weighted by Crippen LogP contribution is 2.34. The van der Waals surface area contributed by atoms with Gasteiger partial charge in [-0.2, -0.15) is 0 Å². The lowest BCUT2D eigenvalue weighted by Crippen LogP contribution is -2.22. The summed E-state index contributed by atoms with van der Waals surface area (Å²) in [6.45, 7) is 1.61.